The van der Waals surface area contributed by atoms with Crippen LogP contribution >= 0.6 is 0 Å². The number of carbonyl (C=O) groups is 1. The topological polar surface area (TPSA) is 61.4 Å². The van der Waals surface area contributed by atoms with Crippen molar-refractivity contribution >= 4 is 6.03 Å². The molecule has 1 fully saturated rings. The van der Waals surface area contributed by atoms with Gasteiger partial charge in [-0.1, -0.05) is 20.8 Å². The van der Waals surface area contributed by atoms with E-state index >= 15 is 0 Å². The number of hydrogen-bond acceptors (Lipinski definition) is 2. The molecule has 1 atom stereocenters. The molecule has 0 aromatic heterocycles. The predicted molar refractivity (Wildman–Crippen MR) is 68.8 cm³/mol. The Kier molecular flexibility index (Phi) is 4.80. The summed E-state index contributed by atoms with van der Waals surface area (Å²) in [5.41, 5.74) is 0.0695. The molecule has 1 aliphatic rings. The van der Waals surface area contributed by atoms with E-state index in [2.05, 4.69) is 31.4 Å². The quantitative estimate of drug-likeness (QED) is 0.694. The molecule has 1 unspecified atom stereocenters. The summed E-state index contributed by atoms with van der Waals surface area (Å²) in [7, 11) is 0. The van der Waals surface area contributed by atoms with Crippen LogP contribution in [0.5, 0.6) is 0 Å². The molecule has 0 aliphatic heterocycles. The highest BCUT2D eigenvalue weighted by molar-refractivity contribution is 5.74. The second-order valence-electron chi connectivity index (χ2n) is 6.21. The largest absolute Gasteiger partial charge is 0.393 e. The molecule has 1 aliphatic carbocycles. The van der Waals surface area contributed by atoms with Crippen molar-refractivity contribution in [1.29, 1.82) is 0 Å². The van der Waals surface area contributed by atoms with Gasteiger partial charge in [0.15, 0.2) is 0 Å². The summed E-state index contributed by atoms with van der Waals surface area (Å²) in [4.78, 5) is 11.8. The summed E-state index contributed by atoms with van der Waals surface area (Å²) in [6, 6.07) is 0.260. The van der Waals surface area contributed by atoms with Gasteiger partial charge in [0.25, 0.3) is 0 Å². The Morgan fingerprint density at radius 2 is 1.76 bits per heavy atom. The number of nitrogens with one attached hydrogen (secondary N) is 2. The molecule has 0 radical (unpaired) electrons. The van der Waals surface area contributed by atoms with Crippen LogP contribution in [0.2, 0.25) is 0 Å². The lowest BCUT2D eigenvalue weighted by atomic mass is 9.88. The standard InChI is InChI=1S/C13H26N2O2/c1-9(13(2,3)4)14-12(17)15-10-5-7-11(16)8-6-10/h9-11,16H,5-8H2,1-4H3,(H2,14,15,17). The number of aliphatic hydroxyl groups is 1. The number of aliphatic hydroxyl groups excluding tert-OH is 1. The maximum Gasteiger partial charge on any atom is 0.315 e. The summed E-state index contributed by atoms with van der Waals surface area (Å²) in [6.07, 6.45) is 3.15. The van der Waals surface area contributed by atoms with Crippen LogP contribution in [0.25, 0.3) is 0 Å². The Morgan fingerprint density at radius 1 is 1.24 bits per heavy atom. The molecule has 1 rings (SSSR count). The molecule has 0 aromatic rings. The first-order chi connectivity index (χ1) is 7.79. The molecular formula is C13H26N2O2. The van der Waals surface area contributed by atoms with Crippen LogP contribution < -0.4 is 10.6 Å². The van der Waals surface area contributed by atoms with Crippen molar-refractivity contribution in [2.45, 2.75) is 71.6 Å². The summed E-state index contributed by atoms with van der Waals surface area (Å²) in [5.74, 6) is 0. The number of rotatable bonds is 2. The first kappa shape index (κ1) is 14.3. The number of amides is 2. The maximum atomic E-state index is 11.8. The lowest BCUT2D eigenvalue weighted by Gasteiger charge is -2.30. The molecule has 0 bridgehead atoms. The average molecular weight is 242 g/mol. The molecule has 1 saturated carbocycles. The first-order valence-corrected chi connectivity index (χ1v) is 6.54. The monoisotopic (exact) mass is 242 g/mol. The van der Waals surface area contributed by atoms with Crippen molar-refractivity contribution in [1.82, 2.24) is 10.6 Å². The third-order valence-electron chi connectivity index (χ3n) is 3.68. The van der Waals surface area contributed by atoms with Gasteiger partial charge in [-0.3, -0.25) is 0 Å². The number of carbonyl (C=O) groups excluding carboxylic acids is 1. The molecule has 3 N–H and O–H groups in total. The van der Waals surface area contributed by atoms with Crippen LogP contribution in [0.1, 0.15) is 53.4 Å². The van der Waals surface area contributed by atoms with E-state index in [0.717, 1.165) is 25.7 Å². The molecule has 0 spiro atoms. The third kappa shape index (κ3) is 4.94. The fourth-order valence-electron chi connectivity index (χ4n) is 1.86. The molecule has 4 heteroatoms. The van der Waals surface area contributed by atoms with Crippen molar-refractivity contribution in [2.75, 3.05) is 0 Å². The molecule has 17 heavy (non-hydrogen) atoms. The molecule has 100 valence electrons. The third-order valence-corrected chi connectivity index (χ3v) is 3.68. The molecule has 0 saturated heterocycles. The minimum absolute atomic E-state index is 0.0695. The summed E-state index contributed by atoms with van der Waals surface area (Å²) < 4.78 is 0. The van der Waals surface area contributed by atoms with Gasteiger partial charge in [-0.25, -0.2) is 4.79 Å². The zero-order chi connectivity index (χ0) is 13.1. The van der Waals surface area contributed by atoms with E-state index in [-0.39, 0.29) is 29.6 Å². The van der Waals surface area contributed by atoms with Gasteiger partial charge < -0.3 is 15.7 Å². The van der Waals surface area contributed by atoms with E-state index < -0.39 is 0 Å². The fraction of sp³-hybridized carbons (Fsp3) is 0.923. The van der Waals surface area contributed by atoms with Gasteiger partial charge in [0.05, 0.1) is 6.10 Å². The Balaban J connectivity index is 2.30. The lowest BCUT2D eigenvalue weighted by molar-refractivity contribution is 0.117. The Labute approximate surface area is 104 Å². The van der Waals surface area contributed by atoms with E-state index in [0.29, 0.717) is 0 Å². The van der Waals surface area contributed by atoms with Crippen LogP contribution in [-0.4, -0.2) is 29.3 Å². The zero-order valence-electron chi connectivity index (χ0n) is 11.4. The highest BCUT2D eigenvalue weighted by atomic mass is 16.3. The van der Waals surface area contributed by atoms with Crippen LogP contribution in [0.15, 0.2) is 0 Å². The van der Waals surface area contributed by atoms with Gasteiger partial charge in [-0.05, 0) is 38.0 Å². The van der Waals surface area contributed by atoms with Crippen molar-refractivity contribution in [3.63, 3.8) is 0 Å². The predicted octanol–water partition coefficient (Wildman–Crippen LogP) is 2.02. The van der Waals surface area contributed by atoms with E-state index in [1.54, 1.807) is 0 Å². The Morgan fingerprint density at radius 3 is 2.24 bits per heavy atom. The number of hydrogen-bond donors (Lipinski definition) is 3. The summed E-state index contributed by atoms with van der Waals surface area (Å²) >= 11 is 0. The Hall–Kier alpha value is -0.770. The van der Waals surface area contributed by atoms with Gasteiger partial charge in [-0.2, -0.15) is 0 Å². The van der Waals surface area contributed by atoms with Crippen LogP contribution in [0.3, 0.4) is 0 Å². The maximum absolute atomic E-state index is 11.8. The van der Waals surface area contributed by atoms with Crippen molar-refractivity contribution in [3.05, 3.63) is 0 Å². The lowest BCUT2D eigenvalue weighted by Crippen LogP contribution is -2.50. The Bertz CT molecular complexity index is 253. The van der Waals surface area contributed by atoms with Gasteiger partial charge in [0.2, 0.25) is 0 Å². The van der Waals surface area contributed by atoms with Crippen molar-refractivity contribution in [3.8, 4) is 0 Å². The SMILES string of the molecule is CC(NC(=O)NC1CCC(O)CC1)C(C)(C)C. The summed E-state index contributed by atoms with van der Waals surface area (Å²) in [5, 5.41) is 15.3. The van der Waals surface area contributed by atoms with E-state index in [1.165, 1.54) is 0 Å². The minimum Gasteiger partial charge on any atom is -0.393 e. The van der Waals surface area contributed by atoms with E-state index in [1.807, 2.05) is 6.92 Å². The normalized spacial score (nSPS) is 27.4. The van der Waals surface area contributed by atoms with E-state index in [4.69, 9.17) is 0 Å². The van der Waals surface area contributed by atoms with Crippen LogP contribution in [-0.2, 0) is 0 Å². The van der Waals surface area contributed by atoms with Crippen molar-refractivity contribution < 1.29 is 9.90 Å². The highest BCUT2D eigenvalue weighted by Gasteiger charge is 2.24. The second-order valence-corrected chi connectivity index (χ2v) is 6.21. The number of urea groups is 1. The molecule has 2 amide bonds. The average Bonchev–Trinajstić information content (AvgIpc) is 2.20. The second kappa shape index (κ2) is 5.71. The summed E-state index contributed by atoms with van der Waals surface area (Å²) in [6.45, 7) is 8.34. The minimum atomic E-state index is -0.176. The van der Waals surface area contributed by atoms with Gasteiger partial charge >= 0.3 is 6.03 Å². The molecule has 0 aromatic carbocycles. The smallest absolute Gasteiger partial charge is 0.315 e. The van der Waals surface area contributed by atoms with E-state index in [9.17, 15) is 9.90 Å². The molecular weight excluding hydrogens is 216 g/mol. The first-order valence-electron chi connectivity index (χ1n) is 6.54. The van der Waals surface area contributed by atoms with Crippen LogP contribution in [0.4, 0.5) is 4.79 Å². The van der Waals surface area contributed by atoms with Crippen molar-refractivity contribution in [2.24, 2.45) is 5.41 Å². The molecule has 4 nitrogen and oxygen atoms in total. The van der Waals surface area contributed by atoms with Gasteiger partial charge in [0.1, 0.15) is 0 Å². The van der Waals surface area contributed by atoms with Gasteiger partial charge in [-0.15, -0.1) is 0 Å². The van der Waals surface area contributed by atoms with Crippen LogP contribution in [0, 0.1) is 5.41 Å². The highest BCUT2D eigenvalue weighted by Crippen LogP contribution is 2.20. The zero-order valence-corrected chi connectivity index (χ0v) is 11.4. The molecule has 0 heterocycles. The fourth-order valence-corrected chi connectivity index (χ4v) is 1.86. The van der Waals surface area contributed by atoms with Gasteiger partial charge in [0, 0.05) is 12.1 Å².